The topological polar surface area (TPSA) is 158 Å². The predicted octanol–water partition coefficient (Wildman–Crippen LogP) is 21.7. The van der Waals surface area contributed by atoms with Crippen LogP contribution in [0.4, 0.5) is 0 Å². The number of rotatable bonds is 25. The minimum atomic E-state index is -0.372. The van der Waals surface area contributed by atoms with Crippen molar-refractivity contribution in [2.24, 2.45) is 44.3 Å². The lowest BCUT2D eigenvalue weighted by Gasteiger charge is -2.38. The largest absolute Gasteiger partial charge is 0.460 e. The third kappa shape index (κ3) is 35.3. The molecule has 12 heteroatoms. The zero-order valence-electron chi connectivity index (χ0n) is 63.9. The van der Waals surface area contributed by atoms with Crippen LogP contribution >= 0.6 is 0 Å². The summed E-state index contributed by atoms with van der Waals surface area (Å²) in [5.41, 5.74) is -3.99. The van der Waals surface area contributed by atoms with Crippen LogP contribution < -0.4 is 0 Å². The lowest BCUT2D eigenvalue weighted by Crippen LogP contribution is -2.41. The number of carbonyl (C=O) groups is 6. The minimum absolute atomic E-state index is 0.0458. The molecule has 0 unspecified atom stereocenters. The molecule has 2 saturated carbocycles. The van der Waals surface area contributed by atoms with Crippen LogP contribution in [0.3, 0.4) is 0 Å². The molecule has 87 heavy (non-hydrogen) atoms. The number of esters is 6. The van der Waals surface area contributed by atoms with Gasteiger partial charge in [0.15, 0.2) is 0 Å². The zero-order chi connectivity index (χ0) is 69.7. The molecular formula is C75H146O12. The van der Waals surface area contributed by atoms with E-state index < -0.39 is 0 Å². The van der Waals surface area contributed by atoms with E-state index in [9.17, 15) is 28.8 Å². The van der Waals surface area contributed by atoms with Gasteiger partial charge in [-0.05, 0) is 267 Å². The maximum Gasteiger partial charge on any atom is 0.312 e. The Morgan fingerprint density at radius 2 is 0.506 bits per heavy atom. The molecule has 2 rings (SSSR count). The normalized spacial score (nSPS) is 15.1. The van der Waals surface area contributed by atoms with Crippen molar-refractivity contribution >= 4 is 35.8 Å². The highest BCUT2D eigenvalue weighted by atomic mass is 16.6. The van der Waals surface area contributed by atoms with Crippen LogP contribution in [0.15, 0.2) is 0 Å². The Kier molecular flexibility index (Phi) is 40.1. The van der Waals surface area contributed by atoms with Gasteiger partial charge in [-0.2, -0.15) is 0 Å². The van der Waals surface area contributed by atoms with Crippen molar-refractivity contribution in [1.29, 1.82) is 0 Å². The SMILES string of the molecule is CCC(C)(C)C(=O)OC(C)(C)C.CCC(C)(C)C(=O)OC(C)(C)C1CCCC1.CCC(C)(C)C(=O)OC(C)(C)C1CCCCC1.CCC(C)(C)OC(=O)C(C)(C)CC.CCC(CC)(CC)OC(=O)C(C)(C)CC.CCCC(C)(C)OC(=O)C(C)(C)CC. The molecule has 0 saturated heterocycles. The monoisotopic (exact) mass is 1240 g/mol. The minimum Gasteiger partial charge on any atom is -0.460 e. The Hall–Kier alpha value is -3.18. The van der Waals surface area contributed by atoms with Crippen LogP contribution in [0.5, 0.6) is 0 Å². The van der Waals surface area contributed by atoms with E-state index in [0.717, 1.165) is 77.0 Å². The maximum atomic E-state index is 12.1. The van der Waals surface area contributed by atoms with E-state index in [2.05, 4.69) is 55.4 Å². The standard InChI is InChI=1S/C15H28O2.C14H26O2.C13H26O2.C12H24O2.C11H22O2.C10H20O2/c1-6-14(2,3)13(16)17-15(4,5)12-10-8-7-9-11-12;1-6-13(2,3)12(15)16-14(4,5)11-9-7-8-10-11;1-7-12(5,6)11(14)15-13(8-2,9-3)10-4;1-7-9-12(5,6)14-10(13)11(3,4)8-2;1-7-10(3,4)9(12)13-11(5,6)8-2;1-7-10(5,6)8(11)12-9(2,3)4/h12H,6-11H2,1-5H3;11H,6-10H2,1-5H3;7-10H2,1-6H3;7-9H2,1-6H3;7-8H2,1-6H3;7H2,1-6H3. The molecule has 0 spiro atoms. The second-order valence-electron chi connectivity index (χ2n) is 32.3. The smallest absolute Gasteiger partial charge is 0.312 e. The number of carbonyl (C=O) groups excluding carboxylic acids is 6. The number of hydrogen-bond acceptors (Lipinski definition) is 12. The third-order valence-electron chi connectivity index (χ3n) is 19.3. The lowest BCUT2D eigenvalue weighted by atomic mass is 9.78. The van der Waals surface area contributed by atoms with Crippen molar-refractivity contribution in [2.75, 3.05) is 0 Å². The van der Waals surface area contributed by atoms with Gasteiger partial charge in [0.25, 0.3) is 0 Å². The highest BCUT2D eigenvalue weighted by Gasteiger charge is 2.41. The predicted molar refractivity (Wildman–Crippen MR) is 364 cm³/mol. The lowest BCUT2D eigenvalue weighted by molar-refractivity contribution is -0.174. The summed E-state index contributed by atoms with van der Waals surface area (Å²) in [5.74, 6) is 0.632. The van der Waals surface area contributed by atoms with Gasteiger partial charge in [0.2, 0.25) is 0 Å². The van der Waals surface area contributed by atoms with E-state index in [4.69, 9.17) is 28.4 Å². The van der Waals surface area contributed by atoms with Gasteiger partial charge < -0.3 is 28.4 Å². The van der Waals surface area contributed by atoms with E-state index in [1.54, 1.807) is 0 Å². The fraction of sp³-hybridized carbons (Fsp3) is 0.920. The Morgan fingerprint density at radius 1 is 0.276 bits per heavy atom. The summed E-state index contributed by atoms with van der Waals surface area (Å²) in [6, 6.07) is 0. The van der Waals surface area contributed by atoms with E-state index in [-0.39, 0.29) is 102 Å². The first-order chi connectivity index (χ1) is 39.1. The molecule has 0 bridgehead atoms. The molecular weight excluding hydrogens is 1090 g/mol. The average Bonchev–Trinajstić information content (AvgIpc) is 4.01. The summed E-state index contributed by atoms with van der Waals surface area (Å²) >= 11 is 0. The summed E-state index contributed by atoms with van der Waals surface area (Å²) in [4.78, 5) is 71.0. The van der Waals surface area contributed by atoms with E-state index in [0.29, 0.717) is 11.8 Å². The average molecular weight is 1240 g/mol. The molecule has 2 fully saturated rings. The first-order valence-electron chi connectivity index (χ1n) is 34.6. The van der Waals surface area contributed by atoms with Gasteiger partial charge in [-0.3, -0.25) is 28.8 Å². The summed E-state index contributed by atoms with van der Waals surface area (Å²) in [6.07, 6.45) is 21.6. The molecule has 518 valence electrons. The number of hydrogen-bond donors (Lipinski definition) is 0. The van der Waals surface area contributed by atoms with Crippen LogP contribution in [0.1, 0.15) is 370 Å². The summed E-state index contributed by atoms with van der Waals surface area (Å²) in [6.45, 7) is 67.4. The molecule has 0 N–H and O–H groups in total. The highest BCUT2D eigenvalue weighted by Crippen LogP contribution is 2.39. The molecule has 0 aromatic heterocycles. The van der Waals surface area contributed by atoms with Crippen molar-refractivity contribution in [2.45, 2.75) is 404 Å². The van der Waals surface area contributed by atoms with Crippen molar-refractivity contribution < 1.29 is 57.2 Å². The molecule has 0 aromatic carbocycles. The fourth-order valence-electron chi connectivity index (χ4n) is 8.43. The van der Waals surface area contributed by atoms with Crippen molar-refractivity contribution in [3.8, 4) is 0 Å². The maximum absolute atomic E-state index is 12.1. The van der Waals surface area contributed by atoms with Gasteiger partial charge in [0, 0.05) is 0 Å². The van der Waals surface area contributed by atoms with Gasteiger partial charge in [0.05, 0.1) is 32.5 Å². The second kappa shape index (κ2) is 38.6. The molecule has 12 nitrogen and oxygen atoms in total. The van der Waals surface area contributed by atoms with E-state index in [1.165, 1.54) is 57.8 Å². The molecule has 0 radical (unpaired) electrons. The Bertz CT molecular complexity index is 1960. The molecule has 2 aliphatic carbocycles. The first kappa shape index (κ1) is 90.2. The Balaban J connectivity index is -0.000000477. The summed E-state index contributed by atoms with van der Waals surface area (Å²) in [7, 11) is 0. The molecule has 2 aliphatic rings. The van der Waals surface area contributed by atoms with Crippen molar-refractivity contribution in [1.82, 2.24) is 0 Å². The Morgan fingerprint density at radius 3 is 0.736 bits per heavy atom. The van der Waals surface area contributed by atoms with Crippen LogP contribution in [0.25, 0.3) is 0 Å². The summed E-state index contributed by atoms with van der Waals surface area (Å²) in [5, 5.41) is 0. The van der Waals surface area contributed by atoms with Crippen molar-refractivity contribution in [3.63, 3.8) is 0 Å². The molecule has 0 heterocycles. The quantitative estimate of drug-likeness (QED) is 0.0630. The van der Waals surface area contributed by atoms with Gasteiger partial charge in [-0.25, -0.2) is 0 Å². The van der Waals surface area contributed by atoms with Gasteiger partial charge in [0.1, 0.15) is 33.6 Å². The molecule has 0 aromatic rings. The number of ether oxygens (including phenoxy) is 6. The summed E-state index contributed by atoms with van der Waals surface area (Å²) < 4.78 is 33.4. The molecule has 0 amide bonds. The van der Waals surface area contributed by atoms with Crippen LogP contribution in [0.2, 0.25) is 0 Å². The van der Waals surface area contributed by atoms with E-state index in [1.807, 2.05) is 180 Å². The van der Waals surface area contributed by atoms with Gasteiger partial charge >= 0.3 is 35.8 Å². The third-order valence-corrected chi connectivity index (χ3v) is 19.3. The van der Waals surface area contributed by atoms with Crippen LogP contribution in [0, 0.1) is 44.3 Å². The van der Waals surface area contributed by atoms with Crippen LogP contribution in [-0.2, 0) is 57.2 Å². The van der Waals surface area contributed by atoms with Gasteiger partial charge in [-0.1, -0.05) is 115 Å². The highest BCUT2D eigenvalue weighted by molar-refractivity contribution is 5.78. The Labute approximate surface area is 538 Å². The molecule has 0 aliphatic heterocycles. The van der Waals surface area contributed by atoms with Crippen molar-refractivity contribution in [3.05, 3.63) is 0 Å². The first-order valence-corrected chi connectivity index (χ1v) is 34.6. The van der Waals surface area contributed by atoms with Gasteiger partial charge in [-0.15, -0.1) is 0 Å². The second-order valence-corrected chi connectivity index (χ2v) is 32.3. The molecule has 0 atom stereocenters. The zero-order valence-corrected chi connectivity index (χ0v) is 63.9. The fourth-order valence-corrected chi connectivity index (χ4v) is 8.43. The van der Waals surface area contributed by atoms with Crippen LogP contribution in [-0.4, -0.2) is 69.4 Å². The van der Waals surface area contributed by atoms with E-state index >= 15 is 0 Å².